The lowest BCUT2D eigenvalue weighted by molar-refractivity contribution is 0.620. The Balaban J connectivity index is 2.64. The molecular formula is C12H5Cl3FI. The van der Waals surface area contributed by atoms with Crippen molar-refractivity contribution in [2.75, 3.05) is 0 Å². The highest BCUT2D eigenvalue weighted by Crippen LogP contribution is 2.37. The molecule has 5 heteroatoms. The van der Waals surface area contributed by atoms with Crippen LogP contribution in [0.15, 0.2) is 30.3 Å². The van der Waals surface area contributed by atoms with Gasteiger partial charge in [-0.05, 0) is 52.4 Å². The monoisotopic (exact) mass is 400 g/mol. The zero-order chi connectivity index (χ0) is 12.6. The molecule has 0 N–H and O–H groups in total. The summed E-state index contributed by atoms with van der Waals surface area (Å²) in [7, 11) is 0. The smallest absolute Gasteiger partial charge is 0.136 e. The average molecular weight is 401 g/mol. The van der Waals surface area contributed by atoms with Crippen LogP contribution in [0.5, 0.6) is 0 Å². The van der Waals surface area contributed by atoms with Crippen molar-refractivity contribution < 1.29 is 4.39 Å². The second-order valence-electron chi connectivity index (χ2n) is 3.38. The number of benzene rings is 2. The first kappa shape index (κ1) is 13.4. The number of hydrogen-bond donors (Lipinski definition) is 0. The van der Waals surface area contributed by atoms with Gasteiger partial charge in [-0.2, -0.15) is 0 Å². The molecule has 0 nitrogen and oxygen atoms in total. The van der Waals surface area contributed by atoms with Crippen LogP contribution in [0.4, 0.5) is 4.39 Å². The van der Waals surface area contributed by atoms with E-state index in [1.807, 2.05) is 22.6 Å². The van der Waals surface area contributed by atoms with Crippen molar-refractivity contribution >= 4 is 57.4 Å². The quantitative estimate of drug-likeness (QED) is 0.403. The maximum atomic E-state index is 13.2. The van der Waals surface area contributed by atoms with Crippen LogP contribution in [0.25, 0.3) is 11.1 Å². The maximum absolute atomic E-state index is 13.2. The van der Waals surface area contributed by atoms with E-state index in [1.165, 1.54) is 6.07 Å². The van der Waals surface area contributed by atoms with Crippen molar-refractivity contribution in [3.8, 4) is 11.1 Å². The van der Waals surface area contributed by atoms with Crippen LogP contribution in [0.1, 0.15) is 0 Å². The summed E-state index contributed by atoms with van der Waals surface area (Å²) in [5.74, 6) is -0.265. The van der Waals surface area contributed by atoms with Gasteiger partial charge in [0.25, 0.3) is 0 Å². The van der Waals surface area contributed by atoms with Crippen molar-refractivity contribution in [3.05, 3.63) is 54.8 Å². The lowest BCUT2D eigenvalue weighted by atomic mass is 10.1. The third-order valence-corrected chi connectivity index (χ3v) is 4.07. The minimum Gasteiger partial charge on any atom is -0.206 e. The highest BCUT2D eigenvalue weighted by molar-refractivity contribution is 14.1. The molecule has 0 aromatic heterocycles. The van der Waals surface area contributed by atoms with Gasteiger partial charge in [0.1, 0.15) is 5.82 Å². The fourth-order valence-electron chi connectivity index (χ4n) is 1.43. The van der Waals surface area contributed by atoms with Gasteiger partial charge in [0.2, 0.25) is 0 Å². The van der Waals surface area contributed by atoms with E-state index < -0.39 is 0 Å². The molecule has 17 heavy (non-hydrogen) atoms. The van der Waals surface area contributed by atoms with Crippen LogP contribution in [0, 0.1) is 9.39 Å². The van der Waals surface area contributed by atoms with Crippen molar-refractivity contribution in [2.45, 2.75) is 0 Å². The molecule has 0 radical (unpaired) electrons. The molecule has 0 atom stereocenters. The molecule has 0 aliphatic rings. The Morgan fingerprint density at radius 2 is 1.71 bits per heavy atom. The van der Waals surface area contributed by atoms with E-state index in [2.05, 4.69) is 0 Å². The summed E-state index contributed by atoms with van der Waals surface area (Å²) in [5, 5.41) is 1.29. The fourth-order valence-corrected chi connectivity index (χ4v) is 2.66. The molecule has 0 spiro atoms. The van der Waals surface area contributed by atoms with Gasteiger partial charge in [-0.1, -0.05) is 40.9 Å². The standard InChI is InChI=1S/C12H5Cl3FI/c13-7-4-8(12(15)9(14)5-7)6-1-2-10(16)11(17)3-6/h1-5H. The minimum absolute atomic E-state index is 0.265. The Morgan fingerprint density at radius 1 is 1.00 bits per heavy atom. The van der Waals surface area contributed by atoms with Gasteiger partial charge < -0.3 is 0 Å². The summed E-state index contributed by atoms with van der Waals surface area (Å²) < 4.78 is 13.7. The van der Waals surface area contributed by atoms with Crippen molar-refractivity contribution in [1.82, 2.24) is 0 Å². The first-order chi connectivity index (χ1) is 7.99. The van der Waals surface area contributed by atoms with Gasteiger partial charge in [0.15, 0.2) is 0 Å². The van der Waals surface area contributed by atoms with Gasteiger partial charge in [0, 0.05) is 14.2 Å². The predicted molar refractivity (Wildman–Crippen MR) is 79.6 cm³/mol. The van der Waals surface area contributed by atoms with E-state index in [-0.39, 0.29) is 5.82 Å². The van der Waals surface area contributed by atoms with Gasteiger partial charge >= 0.3 is 0 Å². The molecule has 2 rings (SSSR count). The first-order valence-corrected chi connectivity index (χ1v) is 6.80. The molecule has 2 aromatic carbocycles. The SMILES string of the molecule is Fc1ccc(-c2cc(Cl)cc(Cl)c2Cl)cc1I. The van der Waals surface area contributed by atoms with Crippen LogP contribution in [-0.4, -0.2) is 0 Å². The molecule has 0 aliphatic heterocycles. The van der Waals surface area contributed by atoms with Crippen molar-refractivity contribution in [1.29, 1.82) is 0 Å². The van der Waals surface area contributed by atoms with E-state index in [4.69, 9.17) is 34.8 Å². The maximum Gasteiger partial charge on any atom is 0.136 e. The number of hydrogen-bond acceptors (Lipinski definition) is 0. The van der Waals surface area contributed by atoms with Gasteiger partial charge in [-0.15, -0.1) is 0 Å². The Labute approximate surface area is 127 Å². The summed E-state index contributed by atoms with van der Waals surface area (Å²) in [6, 6.07) is 8.01. The summed E-state index contributed by atoms with van der Waals surface area (Å²) in [6.45, 7) is 0. The zero-order valence-corrected chi connectivity index (χ0v) is 12.7. The molecular weight excluding hydrogens is 396 g/mol. The van der Waals surface area contributed by atoms with Crippen LogP contribution in [0.3, 0.4) is 0 Å². The van der Waals surface area contributed by atoms with Crippen molar-refractivity contribution in [3.63, 3.8) is 0 Å². The molecule has 0 amide bonds. The van der Waals surface area contributed by atoms with Crippen LogP contribution < -0.4 is 0 Å². The van der Waals surface area contributed by atoms with Gasteiger partial charge in [-0.25, -0.2) is 4.39 Å². The molecule has 0 saturated heterocycles. The minimum atomic E-state index is -0.265. The third kappa shape index (κ3) is 2.87. The molecule has 2 aromatic rings. The summed E-state index contributed by atoms with van der Waals surface area (Å²) >= 11 is 19.9. The fraction of sp³-hybridized carbons (Fsp3) is 0. The Morgan fingerprint density at radius 3 is 2.35 bits per heavy atom. The average Bonchev–Trinajstić information content (AvgIpc) is 2.27. The van der Waals surface area contributed by atoms with E-state index in [1.54, 1.807) is 24.3 Å². The van der Waals surface area contributed by atoms with Crippen molar-refractivity contribution in [2.24, 2.45) is 0 Å². The highest BCUT2D eigenvalue weighted by atomic mass is 127. The molecule has 0 saturated carbocycles. The third-order valence-electron chi connectivity index (χ3n) is 2.22. The second-order valence-corrected chi connectivity index (χ2v) is 5.76. The summed E-state index contributed by atoms with van der Waals surface area (Å²) in [6.07, 6.45) is 0. The highest BCUT2D eigenvalue weighted by Gasteiger charge is 2.10. The lowest BCUT2D eigenvalue weighted by Crippen LogP contribution is -1.86. The molecule has 0 aliphatic carbocycles. The number of rotatable bonds is 1. The molecule has 0 unspecified atom stereocenters. The zero-order valence-electron chi connectivity index (χ0n) is 8.28. The second kappa shape index (κ2) is 5.31. The van der Waals surface area contributed by atoms with E-state index in [0.29, 0.717) is 24.2 Å². The normalized spacial score (nSPS) is 10.6. The predicted octanol–water partition coefficient (Wildman–Crippen LogP) is 6.06. The lowest BCUT2D eigenvalue weighted by Gasteiger charge is -2.08. The summed E-state index contributed by atoms with van der Waals surface area (Å²) in [5.41, 5.74) is 1.48. The topological polar surface area (TPSA) is 0 Å². The largest absolute Gasteiger partial charge is 0.206 e. The molecule has 88 valence electrons. The van der Waals surface area contributed by atoms with Crippen LogP contribution in [0.2, 0.25) is 15.1 Å². The van der Waals surface area contributed by atoms with Gasteiger partial charge in [0.05, 0.1) is 10.0 Å². The van der Waals surface area contributed by atoms with E-state index >= 15 is 0 Å². The number of halogens is 5. The summed E-state index contributed by atoms with van der Waals surface area (Å²) in [4.78, 5) is 0. The Hall–Kier alpha value is -0.0300. The van der Waals surface area contributed by atoms with Gasteiger partial charge in [-0.3, -0.25) is 0 Å². The van der Waals surface area contributed by atoms with Crippen LogP contribution in [-0.2, 0) is 0 Å². The van der Waals surface area contributed by atoms with E-state index in [9.17, 15) is 4.39 Å². The first-order valence-electron chi connectivity index (χ1n) is 4.59. The van der Waals surface area contributed by atoms with E-state index in [0.717, 1.165) is 5.56 Å². The molecule has 0 fully saturated rings. The van der Waals surface area contributed by atoms with Crippen LogP contribution >= 0.6 is 57.4 Å². The molecule has 0 heterocycles. The molecule has 0 bridgehead atoms. The Bertz CT molecular complexity index is 584. The Kier molecular flexibility index (Phi) is 4.18.